The van der Waals surface area contributed by atoms with Crippen LogP contribution >= 0.6 is 0 Å². The van der Waals surface area contributed by atoms with Gasteiger partial charge in [-0.3, -0.25) is 15.1 Å². The molecule has 6 rings (SSSR count). The predicted octanol–water partition coefficient (Wildman–Crippen LogP) is 4.55. The molecule has 1 aliphatic rings. The third-order valence-corrected chi connectivity index (χ3v) is 5.91. The second-order valence-corrected chi connectivity index (χ2v) is 7.78. The van der Waals surface area contributed by atoms with Gasteiger partial charge in [-0.1, -0.05) is 0 Å². The van der Waals surface area contributed by atoms with E-state index in [2.05, 4.69) is 47.2 Å². The summed E-state index contributed by atoms with van der Waals surface area (Å²) < 4.78 is 0. The Morgan fingerprint density at radius 1 is 0.833 bits per heavy atom. The summed E-state index contributed by atoms with van der Waals surface area (Å²) in [4.78, 5) is 19.1. The summed E-state index contributed by atoms with van der Waals surface area (Å²) in [7, 11) is 0. The van der Waals surface area contributed by atoms with Crippen LogP contribution in [0.3, 0.4) is 0 Å². The zero-order valence-electron chi connectivity index (χ0n) is 16.5. The second kappa shape index (κ2) is 6.95. The Morgan fingerprint density at radius 2 is 1.70 bits per heavy atom. The highest BCUT2D eigenvalue weighted by atomic mass is 15.2. The lowest BCUT2D eigenvalue weighted by Crippen LogP contribution is -2.29. The molecule has 2 N–H and O–H groups in total. The molecular formula is C23H21N7. The molecule has 7 nitrogen and oxygen atoms in total. The van der Waals surface area contributed by atoms with E-state index in [4.69, 9.17) is 0 Å². The highest BCUT2D eigenvalue weighted by molar-refractivity contribution is 5.99. The van der Waals surface area contributed by atoms with Crippen molar-refractivity contribution in [2.75, 3.05) is 18.0 Å². The Balaban J connectivity index is 1.47. The molecule has 1 saturated heterocycles. The van der Waals surface area contributed by atoms with Gasteiger partial charge in [-0.05, 0) is 49.1 Å². The largest absolute Gasteiger partial charge is 0.370 e. The highest BCUT2D eigenvalue weighted by Crippen LogP contribution is 2.34. The van der Waals surface area contributed by atoms with E-state index in [9.17, 15) is 0 Å². The zero-order chi connectivity index (χ0) is 19.9. The van der Waals surface area contributed by atoms with Crippen LogP contribution in [0.2, 0.25) is 0 Å². The van der Waals surface area contributed by atoms with E-state index in [1.165, 1.54) is 30.3 Å². The molecule has 0 saturated carbocycles. The van der Waals surface area contributed by atoms with Gasteiger partial charge in [0.15, 0.2) is 5.65 Å². The zero-order valence-corrected chi connectivity index (χ0v) is 16.5. The van der Waals surface area contributed by atoms with Gasteiger partial charge in [0.25, 0.3) is 0 Å². The van der Waals surface area contributed by atoms with Crippen LogP contribution in [0.15, 0.2) is 55.2 Å². The number of aromatic amines is 2. The summed E-state index contributed by atoms with van der Waals surface area (Å²) in [5, 5.41) is 9.78. The molecule has 0 aromatic carbocycles. The van der Waals surface area contributed by atoms with Crippen LogP contribution in [0.5, 0.6) is 0 Å². The molecule has 5 aromatic rings. The quantitative estimate of drug-likeness (QED) is 0.468. The summed E-state index contributed by atoms with van der Waals surface area (Å²) in [6.07, 6.45) is 13.1. The van der Waals surface area contributed by atoms with Crippen molar-refractivity contribution in [1.29, 1.82) is 0 Å². The topological polar surface area (TPSA) is 86.4 Å². The molecule has 5 aromatic heterocycles. The molecule has 0 atom stereocenters. The van der Waals surface area contributed by atoms with Crippen molar-refractivity contribution in [3.63, 3.8) is 0 Å². The molecule has 1 aliphatic heterocycles. The van der Waals surface area contributed by atoms with Crippen molar-refractivity contribution in [1.82, 2.24) is 30.1 Å². The minimum absolute atomic E-state index is 0.704. The van der Waals surface area contributed by atoms with E-state index in [0.717, 1.165) is 46.5 Å². The van der Waals surface area contributed by atoms with E-state index in [0.29, 0.717) is 5.65 Å². The number of hydrogen-bond acceptors (Lipinski definition) is 5. The molecule has 0 amide bonds. The van der Waals surface area contributed by atoms with Gasteiger partial charge in [-0.2, -0.15) is 5.10 Å². The van der Waals surface area contributed by atoms with Crippen LogP contribution in [0, 0.1) is 0 Å². The molecule has 7 heteroatoms. The van der Waals surface area contributed by atoms with Crippen LogP contribution in [-0.2, 0) is 0 Å². The fourth-order valence-electron chi connectivity index (χ4n) is 4.36. The van der Waals surface area contributed by atoms with E-state index < -0.39 is 0 Å². The van der Waals surface area contributed by atoms with Gasteiger partial charge in [0.05, 0.1) is 35.0 Å². The normalized spacial score (nSPS) is 14.6. The SMILES string of the molecule is c1cc(-c2cnc3n[nH]c(-c4cc5c(N6CCCCC6)cncc5[nH]4)c3c2)ccn1. The lowest BCUT2D eigenvalue weighted by Gasteiger charge is -2.28. The van der Waals surface area contributed by atoms with Crippen molar-refractivity contribution >= 4 is 27.6 Å². The summed E-state index contributed by atoms with van der Waals surface area (Å²) in [5.74, 6) is 0. The van der Waals surface area contributed by atoms with Gasteiger partial charge >= 0.3 is 0 Å². The summed E-state index contributed by atoms with van der Waals surface area (Å²) in [6, 6.07) is 8.31. The van der Waals surface area contributed by atoms with Gasteiger partial charge in [0, 0.05) is 48.0 Å². The standard InChI is InChI=1S/C23H21N7/c1-2-8-30(9-3-1)21-14-25-13-20-17(21)11-19(27-20)22-18-10-16(12-26-23(18)29-28-22)15-4-6-24-7-5-15/h4-7,10-14,27H,1-3,8-9H2,(H,26,28,29). The maximum absolute atomic E-state index is 4.55. The molecule has 0 radical (unpaired) electrons. The number of aromatic nitrogens is 6. The van der Waals surface area contributed by atoms with Crippen LogP contribution in [0.25, 0.3) is 44.5 Å². The molecule has 6 heterocycles. The van der Waals surface area contributed by atoms with Gasteiger partial charge in [0.2, 0.25) is 0 Å². The van der Waals surface area contributed by atoms with Crippen LogP contribution < -0.4 is 4.90 Å². The Hall–Kier alpha value is -3.74. The van der Waals surface area contributed by atoms with Crippen molar-refractivity contribution in [2.45, 2.75) is 19.3 Å². The van der Waals surface area contributed by atoms with Gasteiger partial charge in [0.1, 0.15) is 0 Å². The highest BCUT2D eigenvalue weighted by Gasteiger charge is 2.18. The summed E-state index contributed by atoms with van der Waals surface area (Å²) >= 11 is 0. The number of hydrogen-bond donors (Lipinski definition) is 2. The predicted molar refractivity (Wildman–Crippen MR) is 118 cm³/mol. The number of anilines is 1. The van der Waals surface area contributed by atoms with E-state index in [-0.39, 0.29) is 0 Å². The van der Waals surface area contributed by atoms with Crippen LogP contribution in [0.4, 0.5) is 5.69 Å². The average molecular weight is 395 g/mol. The third-order valence-electron chi connectivity index (χ3n) is 5.91. The number of nitrogens with one attached hydrogen (secondary N) is 2. The number of piperidine rings is 1. The molecular weight excluding hydrogens is 374 g/mol. The fourth-order valence-corrected chi connectivity index (χ4v) is 4.36. The fraction of sp³-hybridized carbons (Fsp3) is 0.217. The van der Waals surface area contributed by atoms with Crippen molar-refractivity contribution < 1.29 is 0 Å². The van der Waals surface area contributed by atoms with Crippen LogP contribution in [0.1, 0.15) is 19.3 Å². The lowest BCUT2D eigenvalue weighted by molar-refractivity contribution is 0.578. The maximum Gasteiger partial charge on any atom is 0.181 e. The van der Waals surface area contributed by atoms with Gasteiger partial charge in [-0.25, -0.2) is 4.98 Å². The van der Waals surface area contributed by atoms with Crippen molar-refractivity contribution in [2.24, 2.45) is 0 Å². The molecule has 0 bridgehead atoms. The second-order valence-electron chi connectivity index (χ2n) is 7.78. The van der Waals surface area contributed by atoms with E-state index in [1.807, 2.05) is 30.7 Å². The lowest BCUT2D eigenvalue weighted by atomic mass is 10.1. The Bertz CT molecular complexity index is 1330. The van der Waals surface area contributed by atoms with Crippen LogP contribution in [-0.4, -0.2) is 43.2 Å². The molecule has 30 heavy (non-hydrogen) atoms. The first kappa shape index (κ1) is 17.1. The Labute approximate surface area is 173 Å². The van der Waals surface area contributed by atoms with Gasteiger partial charge in [-0.15, -0.1) is 0 Å². The third kappa shape index (κ3) is 2.82. The summed E-state index contributed by atoms with van der Waals surface area (Å²) in [6.45, 7) is 2.18. The maximum atomic E-state index is 4.55. The first-order valence-corrected chi connectivity index (χ1v) is 10.3. The number of H-pyrrole nitrogens is 2. The van der Waals surface area contributed by atoms with Crippen molar-refractivity contribution in [3.8, 4) is 22.5 Å². The van der Waals surface area contributed by atoms with E-state index >= 15 is 0 Å². The Morgan fingerprint density at radius 3 is 2.57 bits per heavy atom. The molecule has 0 spiro atoms. The minimum Gasteiger partial charge on any atom is -0.370 e. The molecule has 1 fully saturated rings. The monoisotopic (exact) mass is 395 g/mol. The number of fused-ring (bicyclic) bond motifs is 2. The van der Waals surface area contributed by atoms with Gasteiger partial charge < -0.3 is 9.88 Å². The smallest absolute Gasteiger partial charge is 0.181 e. The first-order valence-electron chi connectivity index (χ1n) is 10.3. The number of rotatable bonds is 3. The Kier molecular flexibility index (Phi) is 3.97. The molecule has 0 unspecified atom stereocenters. The molecule has 148 valence electrons. The minimum atomic E-state index is 0.704. The number of pyridine rings is 3. The first-order chi connectivity index (χ1) is 14.9. The number of nitrogens with zero attached hydrogens (tertiary/aromatic N) is 5. The average Bonchev–Trinajstić information content (AvgIpc) is 3.43. The summed E-state index contributed by atoms with van der Waals surface area (Å²) in [5.41, 5.74) is 7.00. The van der Waals surface area contributed by atoms with Crippen molar-refractivity contribution in [3.05, 3.63) is 55.2 Å². The van der Waals surface area contributed by atoms with E-state index in [1.54, 1.807) is 12.4 Å². The molecule has 0 aliphatic carbocycles.